The monoisotopic (exact) mass is 368 g/mol. The first kappa shape index (κ1) is 16.8. The molecule has 0 amide bonds. The molecule has 4 rings (SSSR count). The van der Waals surface area contributed by atoms with Gasteiger partial charge in [0.1, 0.15) is 28.8 Å². The molecule has 8 nitrogen and oxygen atoms in total. The van der Waals surface area contributed by atoms with Crippen LogP contribution in [0.1, 0.15) is 35.8 Å². The van der Waals surface area contributed by atoms with Crippen molar-refractivity contribution in [2.45, 2.75) is 32.6 Å². The lowest BCUT2D eigenvalue weighted by Gasteiger charge is -2.17. The van der Waals surface area contributed by atoms with E-state index in [0.29, 0.717) is 0 Å². The third-order valence-corrected chi connectivity index (χ3v) is 5.30. The number of hydrogen-bond donors (Lipinski definition) is 1. The Hall–Kier alpha value is -2.68. The molecule has 0 unspecified atom stereocenters. The Bertz CT molecular complexity index is 881. The highest BCUT2D eigenvalue weighted by atomic mass is 32.1. The fourth-order valence-corrected chi connectivity index (χ4v) is 3.73. The summed E-state index contributed by atoms with van der Waals surface area (Å²) in [5, 5.41) is 13.3. The molecular weight excluding hydrogens is 348 g/mol. The highest BCUT2D eigenvalue weighted by Gasteiger charge is 2.27. The van der Waals surface area contributed by atoms with E-state index < -0.39 is 0 Å². The van der Waals surface area contributed by atoms with Crippen molar-refractivity contribution in [3.8, 4) is 0 Å². The lowest BCUT2D eigenvalue weighted by molar-refractivity contribution is 0.705. The SMILES string of the molecule is CCc1nnc(Nc2cc(C)nc([C@H]3CCN(c4ccncn4)C3)n2)s1. The summed E-state index contributed by atoms with van der Waals surface area (Å²) in [4.78, 5) is 20.0. The number of nitrogens with one attached hydrogen (secondary N) is 1. The van der Waals surface area contributed by atoms with Gasteiger partial charge in [-0.15, -0.1) is 10.2 Å². The van der Waals surface area contributed by atoms with E-state index in [1.807, 2.05) is 19.1 Å². The number of aryl methyl sites for hydroxylation is 2. The summed E-state index contributed by atoms with van der Waals surface area (Å²) in [6, 6.07) is 3.88. The summed E-state index contributed by atoms with van der Waals surface area (Å²) >= 11 is 1.55. The highest BCUT2D eigenvalue weighted by molar-refractivity contribution is 7.15. The van der Waals surface area contributed by atoms with Crippen molar-refractivity contribution in [1.29, 1.82) is 0 Å². The maximum absolute atomic E-state index is 4.73. The molecule has 0 saturated carbocycles. The fraction of sp³-hybridized carbons (Fsp3) is 0.412. The molecule has 0 radical (unpaired) electrons. The van der Waals surface area contributed by atoms with Crippen molar-refractivity contribution >= 4 is 28.1 Å². The highest BCUT2D eigenvalue weighted by Crippen LogP contribution is 2.29. The van der Waals surface area contributed by atoms with Gasteiger partial charge in [0.25, 0.3) is 0 Å². The van der Waals surface area contributed by atoms with Gasteiger partial charge in [0, 0.05) is 37.0 Å². The van der Waals surface area contributed by atoms with Gasteiger partial charge in [0.05, 0.1) is 0 Å². The van der Waals surface area contributed by atoms with E-state index in [4.69, 9.17) is 4.98 Å². The normalized spacial score (nSPS) is 16.8. The van der Waals surface area contributed by atoms with Gasteiger partial charge in [-0.25, -0.2) is 19.9 Å². The molecule has 3 aromatic rings. The second kappa shape index (κ2) is 7.28. The second-order valence-electron chi connectivity index (χ2n) is 6.23. The fourth-order valence-electron chi connectivity index (χ4n) is 3.04. The Kier molecular flexibility index (Phi) is 4.70. The molecule has 0 aliphatic carbocycles. The van der Waals surface area contributed by atoms with E-state index in [1.165, 1.54) is 0 Å². The van der Waals surface area contributed by atoms with Crippen LogP contribution < -0.4 is 10.2 Å². The molecule has 3 aromatic heterocycles. The topological polar surface area (TPSA) is 92.6 Å². The maximum atomic E-state index is 4.73. The Labute approximate surface area is 155 Å². The molecule has 0 bridgehead atoms. The van der Waals surface area contributed by atoms with Crippen LogP contribution >= 0.6 is 11.3 Å². The summed E-state index contributed by atoms with van der Waals surface area (Å²) in [7, 11) is 0. The lowest BCUT2D eigenvalue weighted by Crippen LogP contribution is -2.21. The average molecular weight is 368 g/mol. The second-order valence-corrected chi connectivity index (χ2v) is 7.29. The molecule has 1 fully saturated rings. The first-order valence-electron chi connectivity index (χ1n) is 8.67. The predicted octanol–water partition coefficient (Wildman–Crippen LogP) is 2.73. The zero-order valence-corrected chi connectivity index (χ0v) is 15.6. The van der Waals surface area contributed by atoms with Crippen molar-refractivity contribution in [3.05, 3.63) is 41.2 Å². The number of anilines is 3. The largest absolute Gasteiger partial charge is 0.356 e. The van der Waals surface area contributed by atoms with Crippen LogP contribution in [0, 0.1) is 6.92 Å². The molecule has 0 aromatic carbocycles. The lowest BCUT2D eigenvalue weighted by atomic mass is 10.1. The minimum atomic E-state index is 0.283. The quantitative estimate of drug-likeness (QED) is 0.735. The van der Waals surface area contributed by atoms with Crippen LogP contribution in [0.25, 0.3) is 0 Å². The summed E-state index contributed by atoms with van der Waals surface area (Å²) in [5.41, 5.74) is 0.943. The first-order chi connectivity index (χ1) is 12.7. The van der Waals surface area contributed by atoms with Crippen LogP contribution in [0.5, 0.6) is 0 Å². The van der Waals surface area contributed by atoms with Gasteiger partial charge in [-0.1, -0.05) is 18.3 Å². The van der Waals surface area contributed by atoms with Gasteiger partial charge in [-0.05, 0) is 25.8 Å². The van der Waals surface area contributed by atoms with Crippen LogP contribution in [0.4, 0.5) is 16.8 Å². The van der Waals surface area contributed by atoms with Crippen molar-refractivity contribution in [3.63, 3.8) is 0 Å². The standard InChI is InChI=1S/C17H20N8S/c1-3-15-23-24-17(26-15)22-13-8-11(2)20-16(21-13)12-5-7-25(9-12)14-4-6-18-10-19-14/h4,6,8,10,12H,3,5,7,9H2,1-2H3,(H,20,21,22,24)/t12-/m0/s1. The Morgan fingerprint density at radius 3 is 3.00 bits per heavy atom. The summed E-state index contributed by atoms with van der Waals surface area (Å²) in [5.74, 6) is 2.87. The van der Waals surface area contributed by atoms with E-state index >= 15 is 0 Å². The van der Waals surface area contributed by atoms with E-state index in [9.17, 15) is 0 Å². The van der Waals surface area contributed by atoms with E-state index in [0.717, 1.165) is 59.2 Å². The van der Waals surface area contributed by atoms with Crippen molar-refractivity contribution in [1.82, 2.24) is 30.1 Å². The van der Waals surface area contributed by atoms with Gasteiger partial charge in [0.15, 0.2) is 0 Å². The average Bonchev–Trinajstić information content (AvgIpc) is 3.31. The van der Waals surface area contributed by atoms with E-state index in [2.05, 4.69) is 42.3 Å². The van der Waals surface area contributed by atoms with Gasteiger partial charge < -0.3 is 10.2 Å². The molecule has 1 N–H and O–H groups in total. The van der Waals surface area contributed by atoms with Crippen LogP contribution in [-0.4, -0.2) is 43.2 Å². The molecule has 9 heteroatoms. The van der Waals surface area contributed by atoms with Gasteiger partial charge >= 0.3 is 0 Å². The van der Waals surface area contributed by atoms with E-state index in [1.54, 1.807) is 23.9 Å². The molecule has 1 aliphatic rings. The van der Waals surface area contributed by atoms with Crippen molar-refractivity contribution in [2.24, 2.45) is 0 Å². The van der Waals surface area contributed by atoms with Crippen LogP contribution in [0.15, 0.2) is 24.7 Å². The molecule has 134 valence electrons. The molecule has 4 heterocycles. The molecule has 1 atom stereocenters. The van der Waals surface area contributed by atoms with Crippen molar-refractivity contribution < 1.29 is 0 Å². The summed E-state index contributed by atoms with van der Waals surface area (Å²) in [6.07, 6.45) is 5.24. The summed E-state index contributed by atoms with van der Waals surface area (Å²) in [6.45, 7) is 5.86. The van der Waals surface area contributed by atoms with Crippen LogP contribution in [-0.2, 0) is 6.42 Å². The molecule has 0 spiro atoms. The van der Waals surface area contributed by atoms with Gasteiger partial charge in [-0.2, -0.15) is 0 Å². The summed E-state index contributed by atoms with van der Waals surface area (Å²) < 4.78 is 0. The molecule has 1 aliphatic heterocycles. The Balaban J connectivity index is 1.51. The minimum Gasteiger partial charge on any atom is -0.356 e. The Morgan fingerprint density at radius 2 is 2.23 bits per heavy atom. The van der Waals surface area contributed by atoms with Gasteiger partial charge in [-0.3, -0.25) is 0 Å². The number of aromatic nitrogens is 6. The van der Waals surface area contributed by atoms with E-state index in [-0.39, 0.29) is 5.92 Å². The first-order valence-corrected chi connectivity index (χ1v) is 9.49. The zero-order chi connectivity index (χ0) is 17.9. The zero-order valence-electron chi connectivity index (χ0n) is 14.8. The third kappa shape index (κ3) is 3.62. The predicted molar refractivity (Wildman–Crippen MR) is 101 cm³/mol. The number of nitrogens with zero attached hydrogens (tertiary/aromatic N) is 7. The molecule has 1 saturated heterocycles. The molecular formula is C17H20N8S. The van der Waals surface area contributed by atoms with Gasteiger partial charge in [0.2, 0.25) is 5.13 Å². The van der Waals surface area contributed by atoms with Crippen LogP contribution in [0.2, 0.25) is 0 Å². The van der Waals surface area contributed by atoms with Crippen LogP contribution in [0.3, 0.4) is 0 Å². The Morgan fingerprint density at radius 1 is 1.31 bits per heavy atom. The van der Waals surface area contributed by atoms with Crippen molar-refractivity contribution in [2.75, 3.05) is 23.3 Å². The number of hydrogen-bond acceptors (Lipinski definition) is 9. The third-order valence-electron chi connectivity index (χ3n) is 4.32. The molecule has 26 heavy (non-hydrogen) atoms. The minimum absolute atomic E-state index is 0.283. The maximum Gasteiger partial charge on any atom is 0.211 e. The number of rotatable bonds is 5. The smallest absolute Gasteiger partial charge is 0.211 e.